The molecule has 112 valence electrons. The number of carbonyl (C=O) groups is 1. The van der Waals surface area contributed by atoms with Crippen LogP contribution in [0.15, 0.2) is 30.3 Å². The number of rotatable bonds is 6. The summed E-state index contributed by atoms with van der Waals surface area (Å²) in [5.41, 5.74) is 7.11. The van der Waals surface area contributed by atoms with Crippen LogP contribution in [0.25, 0.3) is 0 Å². The minimum absolute atomic E-state index is 0.0625. The molecule has 0 aromatic heterocycles. The van der Waals surface area contributed by atoms with Gasteiger partial charge in [-0.15, -0.1) is 0 Å². The average Bonchev–Trinajstić information content (AvgIpc) is 2.41. The highest BCUT2D eigenvalue weighted by Crippen LogP contribution is 2.24. The summed E-state index contributed by atoms with van der Waals surface area (Å²) in [5, 5.41) is 3.04. The standard InChI is InChI=1S/C17H28N2O/c1-13(17(2,3)4)12-19-16(20)15(11-18)10-14-8-6-5-7-9-14/h5-9,13,15H,10-12,18H2,1-4H3,(H,19,20). The van der Waals surface area contributed by atoms with Crippen molar-refractivity contribution in [2.45, 2.75) is 34.1 Å². The highest BCUT2D eigenvalue weighted by molar-refractivity contribution is 5.79. The molecule has 1 aromatic rings. The van der Waals surface area contributed by atoms with Crippen LogP contribution in [-0.4, -0.2) is 19.0 Å². The van der Waals surface area contributed by atoms with Crippen molar-refractivity contribution in [3.8, 4) is 0 Å². The van der Waals surface area contributed by atoms with E-state index in [0.29, 0.717) is 25.4 Å². The fraction of sp³-hybridized carbons (Fsp3) is 0.588. The van der Waals surface area contributed by atoms with E-state index in [2.05, 4.69) is 33.0 Å². The molecule has 2 unspecified atom stereocenters. The van der Waals surface area contributed by atoms with E-state index < -0.39 is 0 Å². The van der Waals surface area contributed by atoms with Gasteiger partial charge in [-0.05, 0) is 23.3 Å². The molecule has 1 aromatic carbocycles. The summed E-state index contributed by atoms with van der Waals surface area (Å²) in [6.07, 6.45) is 0.701. The molecule has 0 heterocycles. The summed E-state index contributed by atoms with van der Waals surface area (Å²) in [4.78, 5) is 12.2. The monoisotopic (exact) mass is 276 g/mol. The van der Waals surface area contributed by atoms with Crippen LogP contribution in [0.3, 0.4) is 0 Å². The van der Waals surface area contributed by atoms with Gasteiger partial charge in [-0.25, -0.2) is 0 Å². The molecule has 0 aliphatic rings. The van der Waals surface area contributed by atoms with Crippen molar-refractivity contribution in [3.05, 3.63) is 35.9 Å². The maximum absolute atomic E-state index is 12.2. The number of hydrogen-bond donors (Lipinski definition) is 2. The minimum Gasteiger partial charge on any atom is -0.356 e. The predicted molar refractivity (Wildman–Crippen MR) is 84.3 cm³/mol. The molecule has 0 bridgehead atoms. The number of carbonyl (C=O) groups excluding carboxylic acids is 1. The number of amides is 1. The van der Waals surface area contributed by atoms with E-state index in [4.69, 9.17) is 5.73 Å². The topological polar surface area (TPSA) is 55.1 Å². The molecule has 0 saturated heterocycles. The van der Waals surface area contributed by atoms with Gasteiger partial charge in [0.1, 0.15) is 0 Å². The van der Waals surface area contributed by atoms with Crippen LogP contribution >= 0.6 is 0 Å². The fourth-order valence-corrected chi connectivity index (χ4v) is 1.89. The van der Waals surface area contributed by atoms with Crippen LogP contribution in [0.5, 0.6) is 0 Å². The Bertz CT molecular complexity index is 409. The summed E-state index contributed by atoms with van der Waals surface area (Å²) in [6.45, 7) is 9.81. The van der Waals surface area contributed by atoms with Crippen LogP contribution in [0, 0.1) is 17.3 Å². The maximum Gasteiger partial charge on any atom is 0.224 e. The van der Waals surface area contributed by atoms with Crippen LogP contribution in [0.1, 0.15) is 33.3 Å². The Balaban J connectivity index is 2.51. The van der Waals surface area contributed by atoms with E-state index >= 15 is 0 Å². The Morgan fingerprint density at radius 2 is 1.85 bits per heavy atom. The van der Waals surface area contributed by atoms with Crippen molar-refractivity contribution >= 4 is 5.91 Å². The molecule has 0 aliphatic carbocycles. The lowest BCUT2D eigenvalue weighted by atomic mass is 9.82. The molecule has 0 fully saturated rings. The van der Waals surface area contributed by atoms with Gasteiger partial charge in [0.2, 0.25) is 5.91 Å². The summed E-state index contributed by atoms with van der Waals surface area (Å²) in [5.74, 6) is 0.346. The summed E-state index contributed by atoms with van der Waals surface area (Å²) >= 11 is 0. The zero-order chi connectivity index (χ0) is 15.2. The Morgan fingerprint density at radius 1 is 1.25 bits per heavy atom. The molecule has 3 heteroatoms. The number of benzene rings is 1. The van der Waals surface area contributed by atoms with Crippen molar-refractivity contribution in [3.63, 3.8) is 0 Å². The van der Waals surface area contributed by atoms with Gasteiger partial charge in [0, 0.05) is 13.1 Å². The van der Waals surface area contributed by atoms with Crippen LogP contribution in [0.4, 0.5) is 0 Å². The van der Waals surface area contributed by atoms with Gasteiger partial charge >= 0.3 is 0 Å². The highest BCUT2D eigenvalue weighted by Gasteiger charge is 2.22. The molecule has 0 spiro atoms. The molecular formula is C17H28N2O. The zero-order valence-electron chi connectivity index (χ0n) is 13.1. The number of hydrogen-bond acceptors (Lipinski definition) is 2. The molecule has 0 radical (unpaired) electrons. The first kappa shape index (κ1) is 16.7. The molecule has 3 N–H and O–H groups in total. The SMILES string of the molecule is CC(CNC(=O)C(CN)Cc1ccccc1)C(C)(C)C. The van der Waals surface area contributed by atoms with Crippen molar-refractivity contribution in [1.82, 2.24) is 5.32 Å². The number of nitrogens with two attached hydrogens (primary N) is 1. The second-order valence-corrected chi connectivity index (χ2v) is 6.63. The Kier molecular flexibility index (Phi) is 6.21. The Hall–Kier alpha value is -1.35. The fourth-order valence-electron chi connectivity index (χ4n) is 1.89. The van der Waals surface area contributed by atoms with Gasteiger partial charge in [-0.1, -0.05) is 58.0 Å². The second-order valence-electron chi connectivity index (χ2n) is 6.63. The van der Waals surface area contributed by atoms with Crippen LogP contribution < -0.4 is 11.1 Å². The van der Waals surface area contributed by atoms with E-state index in [1.807, 2.05) is 30.3 Å². The molecule has 1 rings (SSSR count). The largest absolute Gasteiger partial charge is 0.356 e. The molecule has 2 atom stereocenters. The van der Waals surface area contributed by atoms with Gasteiger partial charge in [-0.3, -0.25) is 4.79 Å². The van der Waals surface area contributed by atoms with Gasteiger partial charge in [0.25, 0.3) is 0 Å². The van der Waals surface area contributed by atoms with E-state index in [1.54, 1.807) is 0 Å². The number of nitrogens with one attached hydrogen (secondary N) is 1. The van der Waals surface area contributed by atoms with Gasteiger partial charge < -0.3 is 11.1 Å². The second kappa shape index (κ2) is 7.44. The van der Waals surface area contributed by atoms with Gasteiger partial charge in [0.05, 0.1) is 5.92 Å². The Morgan fingerprint density at radius 3 is 2.35 bits per heavy atom. The highest BCUT2D eigenvalue weighted by atomic mass is 16.1. The summed E-state index contributed by atoms with van der Waals surface area (Å²) in [7, 11) is 0. The quantitative estimate of drug-likeness (QED) is 0.839. The van der Waals surface area contributed by atoms with Gasteiger partial charge in [0.15, 0.2) is 0 Å². The lowest BCUT2D eigenvalue weighted by Crippen LogP contribution is -2.40. The van der Waals surface area contributed by atoms with E-state index in [0.717, 1.165) is 5.56 Å². The van der Waals surface area contributed by atoms with E-state index in [1.165, 1.54) is 0 Å². The minimum atomic E-state index is -0.149. The normalized spacial score (nSPS) is 14.7. The van der Waals surface area contributed by atoms with Crippen molar-refractivity contribution < 1.29 is 4.79 Å². The molecule has 20 heavy (non-hydrogen) atoms. The predicted octanol–water partition coefficient (Wildman–Crippen LogP) is 2.60. The Labute approximate surface area is 122 Å². The summed E-state index contributed by atoms with van der Waals surface area (Å²) < 4.78 is 0. The molecular weight excluding hydrogens is 248 g/mol. The first-order valence-electron chi connectivity index (χ1n) is 7.36. The third-order valence-corrected chi connectivity index (χ3v) is 4.04. The molecule has 3 nitrogen and oxygen atoms in total. The first-order valence-corrected chi connectivity index (χ1v) is 7.36. The van der Waals surface area contributed by atoms with Crippen molar-refractivity contribution in [1.29, 1.82) is 0 Å². The zero-order valence-corrected chi connectivity index (χ0v) is 13.1. The maximum atomic E-state index is 12.2. The third kappa shape index (κ3) is 5.33. The first-order chi connectivity index (χ1) is 9.34. The van der Waals surface area contributed by atoms with Gasteiger partial charge in [-0.2, -0.15) is 0 Å². The molecule has 1 amide bonds. The van der Waals surface area contributed by atoms with Crippen molar-refractivity contribution in [2.24, 2.45) is 23.0 Å². The van der Waals surface area contributed by atoms with Crippen LogP contribution in [0.2, 0.25) is 0 Å². The van der Waals surface area contributed by atoms with E-state index in [-0.39, 0.29) is 17.2 Å². The smallest absolute Gasteiger partial charge is 0.224 e. The van der Waals surface area contributed by atoms with Crippen LogP contribution in [-0.2, 0) is 11.2 Å². The third-order valence-electron chi connectivity index (χ3n) is 4.04. The average molecular weight is 276 g/mol. The molecule has 0 aliphatic heterocycles. The lowest BCUT2D eigenvalue weighted by molar-refractivity contribution is -0.125. The van der Waals surface area contributed by atoms with E-state index in [9.17, 15) is 4.79 Å². The van der Waals surface area contributed by atoms with Crippen molar-refractivity contribution in [2.75, 3.05) is 13.1 Å². The summed E-state index contributed by atoms with van der Waals surface area (Å²) in [6, 6.07) is 10.0. The molecule has 0 saturated carbocycles. The lowest BCUT2D eigenvalue weighted by Gasteiger charge is -2.28.